The zero-order valence-corrected chi connectivity index (χ0v) is 18.7. The van der Waals surface area contributed by atoms with E-state index in [2.05, 4.69) is 15.4 Å². The van der Waals surface area contributed by atoms with E-state index in [0.29, 0.717) is 32.8 Å². The normalized spacial score (nSPS) is 10.8. The van der Waals surface area contributed by atoms with Crippen LogP contribution in [0.5, 0.6) is 16.6 Å². The number of aliphatic imine (C=N–C) groups is 1. The average molecular weight is 441 g/mol. The van der Waals surface area contributed by atoms with Crippen LogP contribution in [0.3, 0.4) is 0 Å². The molecular formula is C22H21ClN4O2S. The van der Waals surface area contributed by atoms with Gasteiger partial charge in [0.2, 0.25) is 5.06 Å². The van der Waals surface area contributed by atoms with Crippen LogP contribution in [-0.4, -0.2) is 36.3 Å². The number of halogens is 1. The average Bonchev–Trinajstić information content (AvgIpc) is 3.17. The Kier molecular flexibility index (Phi) is 6.93. The van der Waals surface area contributed by atoms with E-state index in [1.165, 1.54) is 0 Å². The molecule has 0 saturated carbocycles. The molecule has 0 bridgehead atoms. The first-order valence-electron chi connectivity index (χ1n) is 9.23. The van der Waals surface area contributed by atoms with Crippen molar-refractivity contribution in [1.82, 2.24) is 9.27 Å². The van der Waals surface area contributed by atoms with Gasteiger partial charge < -0.3 is 14.4 Å². The first-order chi connectivity index (χ1) is 14.5. The predicted molar refractivity (Wildman–Crippen MR) is 122 cm³/mol. The predicted octanol–water partition coefficient (Wildman–Crippen LogP) is 6.06. The van der Waals surface area contributed by atoms with Gasteiger partial charge in [0.25, 0.3) is 0 Å². The van der Waals surface area contributed by atoms with Gasteiger partial charge in [-0.3, -0.25) is 0 Å². The van der Waals surface area contributed by atoms with Gasteiger partial charge in [-0.15, -0.1) is 0 Å². The van der Waals surface area contributed by atoms with Crippen molar-refractivity contribution in [2.75, 3.05) is 20.7 Å². The van der Waals surface area contributed by atoms with Gasteiger partial charge in [0.05, 0.1) is 24.2 Å². The zero-order chi connectivity index (χ0) is 21.7. The molecule has 3 aromatic rings. The molecule has 30 heavy (non-hydrogen) atoms. The van der Waals surface area contributed by atoms with Crippen molar-refractivity contribution in [3.8, 4) is 33.9 Å². The molecule has 6 nitrogen and oxygen atoms in total. The Hall–Kier alpha value is -3.08. The van der Waals surface area contributed by atoms with Gasteiger partial charge in [-0.2, -0.15) is 9.64 Å². The number of hydrogen-bond donors (Lipinski definition) is 0. The minimum Gasteiger partial charge on any atom is -0.497 e. The Morgan fingerprint density at radius 3 is 2.67 bits per heavy atom. The minimum atomic E-state index is 0.382. The summed E-state index contributed by atoms with van der Waals surface area (Å²) in [4.78, 5) is 6.37. The van der Waals surface area contributed by atoms with Gasteiger partial charge >= 0.3 is 0 Å². The van der Waals surface area contributed by atoms with Gasteiger partial charge in [0, 0.05) is 36.8 Å². The summed E-state index contributed by atoms with van der Waals surface area (Å²) in [5.74, 6) is 1.30. The van der Waals surface area contributed by atoms with Crippen molar-refractivity contribution in [3.05, 3.63) is 52.5 Å². The molecule has 0 aliphatic heterocycles. The largest absolute Gasteiger partial charge is 0.497 e. The van der Waals surface area contributed by atoms with Crippen LogP contribution in [0.2, 0.25) is 5.02 Å². The Balaban J connectivity index is 1.89. The standard InChI is InChI=1S/C22H21ClN4O2S/c1-5-27(3)13-25-19-10-14(2)20(11-18(19)23)29-22-17(12-24)21(26-30-22)15-6-8-16(28-4)9-7-15/h6-11,13H,5H2,1-4H3. The first-order valence-corrected chi connectivity index (χ1v) is 10.4. The number of rotatable bonds is 7. The number of nitrogens with zero attached hydrogens (tertiary/aromatic N) is 4. The number of methoxy groups -OCH3 is 1. The van der Waals surface area contributed by atoms with Crippen LogP contribution in [0, 0.1) is 18.3 Å². The molecule has 0 amide bonds. The van der Waals surface area contributed by atoms with E-state index < -0.39 is 0 Å². The minimum absolute atomic E-state index is 0.382. The molecule has 1 aromatic heterocycles. The third-order valence-electron chi connectivity index (χ3n) is 4.48. The molecule has 1 heterocycles. The van der Waals surface area contributed by atoms with Crippen LogP contribution in [-0.2, 0) is 0 Å². The molecule has 0 spiro atoms. The Labute approximate surface area is 185 Å². The van der Waals surface area contributed by atoms with Crippen molar-refractivity contribution in [2.45, 2.75) is 13.8 Å². The fourth-order valence-corrected chi connectivity index (χ4v) is 3.52. The maximum Gasteiger partial charge on any atom is 0.218 e. The van der Waals surface area contributed by atoms with Gasteiger partial charge in [0.1, 0.15) is 28.8 Å². The topological polar surface area (TPSA) is 70.7 Å². The third-order valence-corrected chi connectivity index (χ3v) is 5.51. The summed E-state index contributed by atoms with van der Waals surface area (Å²) in [6, 6.07) is 13.2. The highest BCUT2D eigenvalue weighted by Crippen LogP contribution is 2.40. The van der Waals surface area contributed by atoms with Gasteiger partial charge in [-0.25, -0.2) is 4.99 Å². The number of aromatic nitrogens is 1. The van der Waals surface area contributed by atoms with Crippen molar-refractivity contribution in [2.24, 2.45) is 4.99 Å². The number of nitriles is 1. The fourth-order valence-electron chi connectivity index (χ4n) is 2.59. The third kappa shape index (κ3) is 4.73. The van der Waals surface area contributed by atoms with Crippen LogP contribution in [0.25, 0.3) is 11.3 Å². The van der Waals surface area contributed by atoms with Crippen molar-refractivity contribution in [1.29, 1.82) is 5.26 Å². The monoisotopic (exact) mass is 440 g/mol. The highest BCUT2D eigenvalue weighted by Gasteiger charge is 2.18. The molecule has 2 aromatic carbocycles. The number of benzene rings is 2. The molecular weight excluding hydrogens is 420 g/mol. The second-order valence-corrected chi connectivity index (χ2v) is 7.67. The van der Waals surface area contributed by atoms with Crippen molar-refractivity contribution < 1.29 is 9.47 Å². The fraction of sp³-hybridized carbons (Fsp3) is 0.227. The maximum absolute atomic E-state index is 9.70. The van der Waals surface area contributed by atoms with E-state index in [0.717, 1.165) is 35.0 Å². The summed E-state index contributed by atoms with van der Waals surface area (Å²) in [6.07, 6.45) is 1.74. The molecule has 0 unspecified atom stereocenters. The zero-order valence-electron chi connectivity index (χ0n) is 17.1. The molecule has 0 fully saturated rings. The molecule has 3 rings (SSSR count). The lowest BCUT2D eigenvalue weighted by molar-refractivity contribution is 0.415. The number of hydrogen-bond acceptors (Lipinski definition) is 6. The smallest absolute Gasteiger partial charge is 0.218 e. The molecule has 0 radical (unpaired) electrons. The molecule has 8 heteroatoms. The highest BCUT2D eigenvalue weighted by molar-refractivity contribution is 7.08. The Bertz CT molecular complexity index is 1100. The van der Waals surface area contributed by atoms with E-state index in [1.54, 1.807) is 19.5 Å². The van der Waals surface area contributed by atoms with Gasteiger partial charge in [0.15, 0.2) is 0 Å². The van der Waals surface area contributed by atoms with E-state index in [-0.39, 0.29) is 0 Å². The maximum atomic E-state index is 9.70. The molecule has 0 aliphatic rings. The van der Waals surface area contributed by atoms with Crippen molar-refractivity contribution >= 4 is 35.2 Å². The molecule has 0 atom stereocenters. The highest BCUT2D eigenvalue weighted by atomic mass is 35.5. The molecule has 0 N–H and O–H groups in total. The van der Waals surface area contributed by atoms with Crippen molar-refractivity contribution in [3.63, 3.8) is 0 Å². The van der Waals surface area contributed by atoms with E-state index in [4.69, 9.17) is 21.1 Å². The van der Waals surface area contributed by atoms with E-state index >= 15 is 0 Å². The van der Waals surface area contributed by atoms with Crippen LogP contribution >= 0.6 is 23.1 Å². The Morgan fingerprint density at radius 1 is 1.30 bits per heavy atom. The Morgan fingerprint density at radius 2 is 2.03 bits per heavy atom. The first kappa shape index (κ1) is 21.6. The lowest BCUT2D eigenvalue weighted by atomic mass is 10.1. The van der Waals surface area contributed by atoms with Crippen LogP contribution < -0.4 is 9.47 Å². The SMILES string of the molecule is CCN(C)C=Nc1cc(C)c(Oc2snc(-c3ccc(OC)cc3)c2C#N)cc1Cl. The molecule has 154 valence electrons. The summed E-state index contributed by atoms with van der Waals surface area (Å²) in [6.45, 7) is 4.80. The molecule has 0 aliphatic carbocycles. The quantitative estimate of drug-likeness (QED) is 0.330. The van der Waals surface area contributed by atoms with E-state index in [1.807, 2.05) is 56.1 Å². The van der Waals surface area contributed by atoms with Crippen LogP contribution in [0.4, 0.5) is 5.69 Å². The lowest BCUT2D eigenvalue weighted by Crippen LogP contribution is -2.14. The van der Waals surface area contributed by atoms with Gasteiger partial charge in [-0.05, 0) is 49.7 Å². The van der Waals surface area contributed by atoms with Gasteiger partial charge in [-0.1, -0.05) is 11.6 Å². The van der Waals surface area contributed by atoms with Crippen LogP contribution in [0.15, 0.2) is 41.4 Å². The lowest BCUT2D eigenvalue weighted by Gasteiger charge is -2.11. The second kappa shape index (κ2) is 9.61. The summed E-state index contributed by atoms with van der Waals surface area (Å²) < 4.78 is 15.6. The molecule has 0 saturated heterocycles. The van der Waals surface area contributed by atoms with Crippen LogP contribution in [0.1, 0.15) is 18.1 Å². The van der Waals surface area contributed by atoms with E-state index in [9.17, 15) is 5.26 Å². The second-order valence-electron chi connectivity index (χ2n) is 6.52. The summed E-state index contributed by atoms with van der Waals surface area (Å²) in [5.41, 5.74) is 3.29. The number of ether oxygens (including phenoxy) is 2. The summed E-state index contributed by atoms with van der Waals surface area (Å²) >= 11 is 7.53. The summed E-state index contributed by atoms with van der Waals surface area (Å²) in [7, 11) is 3.55. The number of aryl methyl sites for hydroxylation is 1. The summed E-state index contributed by atoms with van der Waals surface area (Å²) in [5, 5.41) is 10.6.